The van der Waals surface area contributed by atoms with Gasteiger partial charge in [-0.05, 0) is 74.3 Å². The molecule has 0 spiro atoms. The number of carboxylic acid groups (broad SMARTS) is 1. The molecule has 2 saturated carbocycles. The largest absolute Gasteiger partial charge is 0.481 e. The quantitative estimate of drug-likeness (QED) is 0.544. The molecule has 0 aliphatic heterocycles. The predicted molar refractivity (Wildman–Crippen MR) is 104 cm³/mol. The maximum absolute atomic E-state index is 11.7. The second-order valence-corrected chi connectivity index (χ2v) is 8.56. The standard InChI is InChI=1S/C21H26O2.C2H4O2/c1-3-20-11-9-17-16-8-6-15(22)13-14(16)5-7-18(17)19(20)10-12-21(20,23)4-2;1-2(3)4/h2,10,12-13,16-19,23H,3,5-9,11H2,1H3;1H3,(H,3,4)/t16-,17+,18+,19-,20-,21-;/m0./s1. The number of carboxylic acids is 1. The first-order valence-electron chi connectivity index (χ1n) is 10.1. The molecule has 4 aliphatic carbocycles. The maximum atomic E-state index is 11.7. The Balaban J connectivity index is 0.000000481. The zero-order valence-corrected chi connectivity index (χ0v) is 16.3. The van der Waals surface area contributed by atoms with Gasteiger partial charge in [-0.3, -0.25) is 9.59 Å². The minimum absolute atomic E-state index is 0.172. The van der Waals surface area contributed by atoms with Crippen molar-refractivity contribution in [2.75, 3.05) is 0 Å². The van der Waals surface area contributed by atoms with Crippen molar-refractivity contribution in [3.63, 3.8) is 0 Å². The Morgan fingerprint density at radius 1 is 1.30 bits per heavy atom. The Kier molecular flexibility index (Phi) is 5.36. The van der Waals surface area contributed by atoms with Crippen LogP contribution in [0.25, 0.3) is 0 Å². The van der Waals surface area contributed by atoms with Gasteiger partial charge in [0.15, 0.2) is 5.78 Å². The van der Waals surface area contributed by atoms with E-state index in [1.807, 2.05) is 12.2 Å². The summed E-state index contributed by atoms with van der Waals surface area (Å²) in [5.41, 5.74) is 0.158. The molecule has 146 valence electrons. The lowest BCUT2D eigenvalue weighted by molar-refractivity contribution is -0.134. The second kappa shape index (κ2) is 7.28. The van der Waals surface area contributed by atoms with E-state index in [-0.39, 0.29) is 5.41 Å². The number of carbonyl (C=O) groups is 2. The Hall–Kier alpha value is -1.86. The summed E-state index contributed by atoms with van der Waals surface area (Å²) in [6, 6.07) is 0. The van der Waals surface area contributed by atoms with Gasteiger partial charge in [-0.1, -0.05) is 24.5 Å². The van der Waals surface area contributed by atoms with E-state index in [0.717, 1.165) is 45.4 Å². The minimum atomic E-state index is -1.07. The van der Waals surface area contributed by atoms with Crippen molar-refractivity contribution in [2.45, 2.75) is 64.4 Å². The molecule has 0 aromatic rings. The Morgan fingerprint density at radius 2 is 2.00 bits per heavy atom. The molecular weight excluding hydrogens is 340 g/mol. The molecular formula is C23H30O4. The van der Waals surface area contributed by atoms with E-state index in [9.17, 15) is 9.90 Å². The van der Waals surface area contributed by atoms with Crippen molar-refractivity contribution in [2.24, 2.45) is 29.1 Å². The van der Waals surface area contributed by atoms with Gasteiger partial charge in [0.1, 0.15) is 5.60 Å². The van der Waals surface area contributed by atoms with Crippen LogP contribution in [-0.4, -0.2) is 27.6 Å². The Labute approximate surface area is 161 Å². The van der Waals surface area contributed by atoms with Gasteiger partial charge in [0.05, 0.1) is 0 Å². The second-order valence-electron chi connectivity index (χ2n) is 8.56. The molecule has 4 aliphatic rings. The number of hydrogen-bond acceptors (Lipinski definition) is 3. The minimum Gasteiger partial charge on any atom is -0.481 e. The SMILES string of the molecule is C#C[C@]1(O)C=C[C@H]2[C@@H]3CCC4=CC(=O)CC[C@@H]4[C@H]3CC[C@@]21CC.CC(=O)O. The summed E-state index contributed by atoms with van der Waals surface area (Å²) < 4.78 is 0. The number of aliphatic hydroxyl groups is 1. The van der Waals surface area contributed by atoms with Gasteiger partial charge in [0.2, 0.25) is 0 Å². The van der Waals surface area contributed by atoms with Crippen LogP contribution in [0, 0.1) is 41.4 Å². The van der Waals surface area contributed by atoms with Crippen molar-refractivity contribution in [1.82, 2.24) is 0 Å². The molecule has 0 heterocycles. The Morgan fingerprint density at radius 3 is 2.63 bits per heavy atom. The van der Waals surface area contributed by atoms with Crippen molar-refractivity contribution in [3.8, 4) is 12.3 Å². The summed E-state index contributed by atoms with van der Waals surface area (Å²) in [5.74, 6) is 4.44. The smallest absolute Gasteiger partial charge is 0.300 e. The number of fused-ring (bicyclic) bond motifs is 5. The van der Waals surface area contributed by atoms with Crippen LogP contribution in [0.1, 0.15) is 58.8 Å². The van der Waals surface area contributed by atoms with E-state index in [2.05, 4.69) is 18.9 Å². The molecule has 4 heteroatoms. The Bertz CT molecular complexity index is 723. The number of rotatable bonds is 1. The summed E-state index contributed by atoms with van der Waals surface area (Å²) in [4.78, 5) is 20.7. The van der Waals surface area contributed by atoms with E-state index >= 15 is 0 Å². The van der Waals surface area contributed by atoms with Crippen LogP contribution in [0.4, 0.5) is 0 Å². The molecule has 0 unspecified atom stereocenters. The lowest BCUT2D eigenvalue weighted by atomic mass is 9.49. The van der Waals surface area contributed by atoms with Gasteiger partial charge >= 0.3 is 0 Å². The zero-order chi connectivity index (χ0) is 19.8. The van der Waals surface area contributed by atoms with Crippen LogP contribution < -0.4 is 0 Å². The summed E-state index contributed by atoms with van der Waals surface area (Å²) in [6.45, 7) is 3.26. The molecule has 0 aromatic heterocycles. The third kappa shape index (κ3) is 3.17. The average molecular weight is 370 g/mol. The lowest BCUT2D eigenvalue weighted by Gasteiger charge is -2.55. The average Bonchev–Trinajstić information content (AvgIpc) is 2.94. The monoisotopic (exact) mass is 370 g/mol. The molecule has 0 bridgehead atoms. The molecule has 0 radical (unpaired) electrons. The normalized spacial score (nSPS) is 41.9. The molecule has 6 atom stereocenters. The van der Waals surface area contributed by atoms with E-state index in [4.69, 9.17) is 16.3 Å². The zero-order valence-electron chi connectivity index (χ0n) is 16.3. The van der Waals surface area contributed by atoms with Crippen LogP contribution in [-0.2, 0) is 9.59 Å². The molecule has 4 nitrogen and oxygen atoms in total. The van der Waals surface area contributed by atoms with Gasteiger partial charge in [-0.15, -0.1) is 6.42 Å². The van der Waals surface area contributed by atoms with Crippen LogP contribution in [0.15, 0.2) is 23.8 Å². The van der Waals surface area contributed by atoms with E-state index in [1.165, 1.54) is 5.57 Å². The fraction of sp³-hybridized carbons (Fsp3) is 0.652. The summed E-state index contributed by atoms with van der Waals surface area (Å²) in [5, 5.41) is 18.4. The first-order chi connectivity index (χ1) is 12.8. The highest BCUT2D eigenvalue weighted by atomic mass is 16.4. The van der Waals surface area contributed by atoms with Crippen molar-refractivity contribution >= 4 is 11.8 Å². The number of carbonyl (C=O) groups excluding carboxylic acids is 1. The molecule has 2 N–H and O–H groups in total. The van der Waals surface area contributed by atoms with Gasteiger partial charge in [0.25, 0.3) is 5.97 Å². The number of allylic oxidation sites excluding steroid dienone is 3. The molecule has 2 fully saturated rings. The highest BCUT2D eigenvalue weighted by Gasteiger charge is 2.61. The third-order valence-electron chi connectivity index (χ3n) is 7.54. The summed E-state index contributed by atoms with van der Waals surface area (Å²) >= 11 is 0. The van der Waals surface area contributed by atoms with E-state index in [1.54, 1.807) is 0 Å². The topological polar surface area (TPSA) is 74.6 Å². The van der Waals surface area contributed by atoms with Crippen LogP contribution >= 0.6 is 0 Å². The molecule has 27 heavy (non-hydrogen) atoms. The molecule has 0 amide bonds. The van der Waals surface area contributed by atoms with E-state index < -0.39 is 11.6 Å². The lowest BCUT2D eigenvalue weighted by Crippen LogP contribution is -2.54. The summed E-state index contributed by atoms with van der Waals surface area (Å²) in [6.07, 6.45) is 18.8. The van der Waals surface area contributed by atoms with Gasteiger partial charge in [0, 0.05) is 18.8 Å². The maximum Gasteiger partial charge on any atom is 0.300 e. The summed E-state index contributed by atoms with van der Waals surface area (Å²) in [7, 11) is 0. The van der Waals surface area contributed by atoms with E-state index in [0.29, 0.717) is 35.9 Å². The molecule has 0 saturated heterocycles. The first kappa shape index (κ1) is 19.9. The van der Waals surface area contributed by atoms with Crippen LogP contribution in [0.2, 0.25) is 0 Å². The number of hydrogen-bond donors (Lipinski definition) is 2. The first-order valence-corrected chi connectivity index (χ1v) is 10.1. The number of terminal acetylenes is 1. The number of ketones is 1. The van der Waals surface area contributed by atoms with Gasteiger partial charge in [-0.25, -0.2) is 0 Å². The van der Waals surface area contributed by atoms with Crippen molar-refractivity contribution < 1.29 is 19.8 Å². The van der Waals surface area contributed by atoms with Crippen LogP contribution in [0.5, 0.6) is 0 Å². The highest BCUT2D eigenvalue weighted by Crippen LogP contribution is 2.63. The van der Waals surface area contributed by atoms with Crippen molar-refractivity contribution in [3.05, 3.63) is 23.8 Å². The molecule has 4 rings (SSSR count). The fourth-order valence-corrected chi connectivity index (χ4v) is 6.38. The third-order valence-corrected chi connectivity index (χ3v) is 7.54. The van der Waals surface area contributed by atoms with Gasteiger partial charge in [-0.2, -0.15) is 0 Å². The predicted octanol–water partition coefficient (Wildman–Crippen LogP) is 3.75. The molecule has 0 aromatic carbocycles. The van der Waals surface area contributed by atoms with Gasteiger partial charge < -0.3 is 10.2 Å². The number of aliphatic carboxylic acids is 1. The highest BCUT2D eigenvalue weighted by molar-refractivity contribution is 5.91. The fourth-order valence-electron chi connectivity index (χ4n) is 6.38. The van der Waals surface area contributed by atoms with Crippen LogP contribution in [0.3, 0.4) is 0 Å². The van der Waals surface area contributed by atoms with Crippen molar-refractivity contribution in [1.29, 1.82) is 0 Å².